The van der Waals surface area contributed by atoms with Crippen LogP contribution in [0.4, 0.5) is 10.1 Å². The van der Waals surface area contributed by atoms with Gasteiger partial charge in [-0.25, -0.2) is 14.4 Å². The van der Waals surface area contributed by atoms with Crippen molar-refractivity contribution in [2.24, 2.45) is 11.3 Å². The molecule has 62 heavy (non-hydrogen) atoms. The van der Waals surface area contributed by atoms with Crippen LogP contribution >= 0.6 is 0 Å². The first-order valence-corrected chi connectivity index (χ1v) is 23.2. The Morgan fingerprint density at radius 1 is 0.919 bits per heavy atom. The maximum absolute atomic E-state index is 15.2. The number of nitrogens with one attached hydrogen (secondary N) is 2. The summed E-state index contributed by atoms with van der Waals surface area (Å²) >= 11 is 0. The molecule has 3 amide bonds. The summed E-state index contributed by atoms with van der Waals surface area (Å²) in [6.07, 6.45) is 14.6. The molecule has 3 saturated heterocycles. The number of halogens is 1. The number of carbonyl (C=O) groups is 3. The molecule has 12 nitrogen and oxygen atoms in total. The van der Waals surface area contributed by atoms with Gasteiger partial charge in [0.2, 0.25) is 11.8 Å². The number of H-pyrrole nitrogens is 1. The van der Waals surface area contributed by atoms with E-state index in [2.05, 4.69) is 68.3 Å². The Morgan fingerprint density at radius 3 is 2.39 bits per heavy atom. The van der Waals surface area contributed by atoms with Crippen LogP contribution in [0.15, 0.2) is 54.9 Å². The Bertz CT molecular complexity index is 2320. The molecule has 1 unspecified atom stereocenters. The Morgan fingerprint density at radius 2 is 1.66 bits per heavy atom. The van der Waals surface area contributed by atoms with Crippen molar-refractivity contribution in [2.45, 2.75) is 128 Å². The van der Waals surface area contributed by atoms with Crippen LogP contribution in [-0.4, -0.2) is 110 Å². The number of benzene rings is 2. The molecule has 6 aliphatic rings. The predicted molar refractivity (Wildman–Crippen MR) is 236 cm³/mol. The molecule has 4 aromatic rings. The highest BCUT2D eigenvalue weighted by Gasteiger charge is 2.42. The first kappa shape index (κ1) is 41.1. The molecule has 2 aromatic heterocycles. The fraction of sp³-hybridized carbons (Fsp3) is 0.571. The third-order valence-corrected chi connectivity index (χ3v) is 15.2. The summed E-state index contributed by atoms with van der Waals surface area (Å²) < 4.78 is 21.7. The Kier molecular flexibility index (Phi) is 10.9. The summed E-state index contributed by atoms with van der Waals surface area (Å²) in [7, 11) is 0. The van der Waals surface area contributed by atoms with E-state index in [1.807, 2.05) is 18.5 Å². The van der Waals surface area contributed by atoms with E-state index in [1.54, 1.807) is 18.7 Å². The van der Waals surface area contributed by atoms with E-state index in [0.717, 1.165) is 92.9 Å². The number of para-hydroxylation sites is 1. The van der Waals surface area contributed by atoms with Crippen LogP contribution in [0.2, 0.25) is 0 Å². The van der Waals surface area contributed by atoms with Crippen LogP contribution in [0.1, 0.15) is 124 Å². The van der Waals surface area contributed by atoms with Crippen molar-refractivity contribution in [3.63, 3.8) is 0 Å². The highest BCUT2D eigenvalue weighted by atomic mass is 19.1. The SMILES string of the molecule is C[C@@H]1Cc2c([nH]c3ccccc23)[C@@H](c2cnc(OC3CCC4(CC3)CCN(CC3CCN(c5ccc6c(c5)CN(C5CCC(=O)NC5=O)C6=O)CC3)CC4)nc2)N1CC(C)(C)F. The molecular formula is C49H61FN8O4. The number of alkyl halides is 1. The Labute approximate surface area is 364 Å². The van der Waals surface area contributed by atoms with Crippen molar-refractivity contribution in [2.75, 3.05) is 44.2 Å². The van der Waals surface area contributed by atoms with Gasteiger partial charge in [-0.15, -0.1) is 0 Å². The Balaban J connectivity index is 0.690. The van der Waals surface area contributed by atoms with Crippen molar-refractivity contribution in [1.82, 2.24) is 35.0 Å². The second kappa shape index (κ2) is 16.3. The van der Waals surface area contributed by atoms with Crippen molar-refractivity contribution >= 4 is 34.3 Å². The lowest BCUT2D eigenvalue weighted by Gasteiger charge is -2.46. The van der Waals surface area contributed by atoms with E-state index >= 15 is 4.39 Å². The number of amides is 3. The lowest BCUT2D eigenvalue weighted by Crippen LogP contribution is -2.52. The van der Waals surface area contributed by atoms with Gasteiger partial charge in [0.15, 0.2) is 0 Å². The largest absolute Gasteiger partial charge is 0.460 e. The number of piperidine rings is 3. The molecule has 1 aliphatic carbocycles. The van der Waals surface area contributed by atoms with E-state index in [1.165, 1.54) is 36.6 Å². The number of likely N-dealkylation sites (tertiary alicyclic amines) is 1. The van der Waals surface area contributed by atoms with E-state index in [4.69, 9.17) is 14.7 Å². The number of carbonyl (C=O) groups excluding carboxylic acids is 3. The van der Waals surface area contributed by atoms with Crippen molar-refractivity contribution in [3.8, 4) is 6.01 Å². The second-order valence-electron chi connectivity index (χ2n) is 20.0. The van der Waals surface area contributed by atoms with Crippen LogP contribution in [0.25, 0.3) is 10.9 Å². The summed E-state index contributed by atoms with van der Waals surface area (Å²) in [5, 5.41) is 3.62. The minimum absolute atomic E-state index is 0.115. The zero-order chi connectivity index (χ0) is 42.8. The second-order valence-corrected chi connectivity index (χ2v) is 20.0. The maximum atomic E-state index is 15.2. The van der Waals surface area contributed by atoms with E-state index in [-0.39, 0.29) is 42.3 Å². The van der Waals surface area contributed by atoms with Crippen LogP contribution in [0, 0.1) is 11.3 Å². The zero-order valence-corrected chi connectivity index (χ0v) is 36.5. The normalized spacial score (nSPS) is 25.4. The molecule has 0 radical (unpaired) electrons. The number of hydrogen-bond donors (Lipinski definition) is 2. The monoisotopic (exact) mass is 844 g/mol. The van der Waals surface area contributed by atoms with Gasteiger partial charge in [-0.2, -0.15) is 0 Å². The van der Waals surface area contributed by atoms with Crippen LogP contribution in [0.5, 0.6) is 6.01 Å². The third kappa shape index (κ3) is 8.11. The van der Waals surface area contributed by atoms with Gasteiger partial charge in [0.25, 0.3) is 5.91 Å². The molecule has 3 atom stereocenters. The maximum Gasteiger partial charge on any atom is 0.316 e. The van der Waals surface area contributed by atoms with Gasteiger partial charge in [0.05, 0.1) is 6.04 Å². The minimum atomic E-state index is -1.35. The topological polar surface area (TPSA) is 127 Å². The number of aromatic amines is 1. The predicted octanol–water partition coefficient (Wildman–Crippen LogP) is 7.12. The number of nitrogens with zero attached hydrogens (tertiary/aromatic N) is 6. The molecule has 328 valence electrons. The first-order valence-electron chi connectivity index (χ1n) is 23.2. The quantitative estimate of drug-likeness (QED) is 0.170. The lowest BCUT2D eigenvalue weighted by atomic mass is 9.67. The molecule has 0 bridgehead atoms. The van der Waals surface area contributed by atoms with Gasteiger partial charge in [0, 0.05) is 91.0 Å². The number of ether oxygens (including phenoxy) is 1. The van der Waals surface area contributed by atoms with E-state index in [0.29, 0.717) is 42.4 Å². The molecule has 7 heterocycles. The molecule has 13 heteroatoms. The summed E-state index contributed by atoms with van der Waals surface area (Å²) in [5.41, 5.74) is 6.28. The van der Waals surface area contributed by atoms with Gasteiger partial charge in [-0.05, 0) is 145 Å². The van der Waals surface area contributed by atoms with Gasteiger partial charge in [0.1, 0.15) is 17.8 Å². The fourth-order valence-corrected chi connectivity index (χ4v) is 11.8. The lowest BCUT2D eigenvalue weighted by molar-refractivity contribution is -0.136. The zero-order valence-electron chi connectivity index (χ0n) is 36.5. The number of hydrogen-bond acceptors (Lipinski definition) is 9. The summed E-state index contributed by atoms with van der Waals surface area (Å²) in [6.45, 7) is 11.7. The number of fused-ring (bicyclic) bond motifs is 4. The molecule has 1 spiro atoms. The summed E-state index contributed by atoms with van der Waals surface area (Å²) in [6, 6.07) is 14.3. The number of anilines is 1. The van der Waals surface area contributed by atoms with E-state index < -0.39 is 11.7 Å². The van der Waals surface area contributed by atoms with Crippen molar-refractivity contribution in [3.05, 3.63) is 82.8 Å². The standard InChI is InChI=1S/C49H61FN8O4/c1-31-24-39-38-6-4-5-7-40(38)53-43(39)44(58(31)30-48(2,3)50)34-26-51-47(52-27-34)62-36-12-16-49(17-13-36)18-22-55(23-19-49)28-32-14-20-56(21-15-32)35-8-9-37-33(25-35)29-57(46(37)61)41-10-11-42(59)54-45(41)60/h4-9,25-27,31-32,36,41,44,53H,10-24,28-30H2,1-3H3,(H,54,59,60)/t31-,41?,44-/m1/s1. The highest BCUT2D eigenvalue weighted by molar-refractivity contribution is 6.05. The van der Waals surface area contributed by atoms with E-state index in [9.17, 15) is 14.4 Å². The minimum Gasteiger partial charge on any atom is -0.460 e. The van der Waals surface area contributed by atoms with Gasteiger partial charge in [-0.3, -0.25) is 24.6 Å². The summed E-state index contributed by atoms with van der Waals surface area (Å²) in [5.74, 6) is -0.0795. The highest BCUT2D eigenvalue weighted by Crippen LogP contribution is 2.46. The molecule has 5 aliphatic heterocycles. The molecule has 10 rings (SSSR count). The molecule has 2 N–H and O–H groups in total. The fourth-order valence-electron chi connectivity index (χ4n) is 11.8. The Hall–Kier alpha value is -4.88. The molecule has 4 fully saturated rings. The number of rotatable bonds is 9. The average molecular weight is 845 g/mol. The smallest absolute Gasteiger partial charge is 0.316 e. The van der Waals surface area contributed by atoms with Crippen molar-refractivity contribution < 1.29 is 23.5 Å². The number of aromatic nitrogens is 3. The van der Waals surface area contributed by atoms with Gasteiger partial charge in [-0.1, -0.05) is 18.2 Å². The molecule has 1 saturated carbocycles. The van der Waals surface area contributed by atoms with Crippen LogP contribution in [0.3, 0.4) is 0 Å². The van der Waals surface area contributed by atoms with Crippen LogP contribution in [-0.2, 0) is 22.6 Å². The number of imide groups is 1. The summed E-state index contributed by atoms with van der Waals surface area (Å²) in [4.78, 5) is 59.6. The van der Waals surface area contributed by atoms with Crippen molar-refractivity contribution in [1.29, 1.82) is 0 Å². The first-order chi connectivity index (χ1) is 29.9. The van der Waals surface area contributed by atoms with Gasteiger partial charge < -0.3 is 24.4 Å². The third-order valence-electron chi connectivity index (χ3n) is 15.2. The molecular weight excluding hydrogens is 784 g/mol. The average Bonchev–Trinajstić information content (AvgIpc) is 3.79. The van der Waals surface area contributed by atoms with Crippen LogP contribution < -0.4 is 15.0 Å². The van der Waals surface area contributed by atoms with Gasteiger partial charge >= 0.3 is 6.01 Å². The molecule has 2 aromatic carbocycles.